The Morgan fingerprint density at radius 1 is 0.892 bits per heavy atom. The lowest BCUT2D eigenvalue weighted by Crippen LogP contribution is -2.22. The van der Waals surface area contributed by atoms with Crippen LogP contribution in [0.5, 0.6) is 5.75 Å². The minimum absolute atomic E-state index is 0.0850. The van der Waals surface area contributed by atoms with Crippen molar-refractivity contribution in [2.45, 2.75) is 19.3 Å². The summed E-state index contributed by atoms with van der Waals surface area (Å²) in [6, 6.07) is 22.6. The van der Waals surface area contributed by atoms with E-state index in [-0.39, 0.29) is 12.0 Å². The molecule has 5 aromatic rings. The third kappa shape index (κ3) is 3.90. The van der Waals surface area contributed by atoms with Crippen molar-refractivity contribution < 1.29 is 28.3 Å². The molecule has 0 bridgehead atoms. The van der Waals surface area contributed by atoms with E-state index in [0.717, 1.165) is 22.3 Å². The highest BCUT2D eigenvalue weighted by Gasteiger charge is 2.35. The van der Waals surface area contributed by atoms with E-state index in [1.165, 1.54) is 18.2 Å². The number of aryl methyl sites for hydroxylation is 1. The predicted molar refractivity (Wildman–Crippen MR) is 136 cm³/mol. The molecule has 0 saturated heterocycles. The van der Waals surface area contributed by atoms with E-state index >= 15 is 0 Å². The Morgan fingerprint density at radius 2 is 1.65 bits per heavy atom. The van der Waals surface area contributed by atoms with Crippen molar-refractivity contribution in [1.82, 2.24) is 0 Å². The molecule has 0 unspecified atom stereocenters. The molecule has 0 spiro atoms. The van der Waals surface area contributed by atoms with Crippen molar-refractivity contribution >= 4 is 22.9 Å². The maximum absolute atomic E-state index is 12.8. The van der Waals surface area contributed by atoms with Crippen LogP contribution in [-0.2, 0) is 4.79 Å². The first-order valence-corrected chi connectivity index (χ1v) is 11.7. The number of ether oxygens (including phenoxy) is 1. The average Bonchev–Trinajstić information content (AvgIpc) is 3.38. The SMILES string of the molecule is Cc1cc2oc(=O)cc(-c3ccccc3)c2c2c1[C@H](c1ccc(-c3ccc(C(=O)O)cc3)o1)CC(=O)O2. The normalized spacial score (nSPS) is 14.8. The maximum Gasteiger partial charge on any atom is 0.336 e. The lowest BCUT2D eigenvalue weighted by atomic mass is 9.85. The van der Waals surface area contributed by atoms with Crippen LogP contribution in [0.1, 0.15) is 39.6 Å². The van der Waals surface area contributed by atoms with Gasteiger partial charge in [0.1, 0.15) is 22.9 Å². The first-order chi connectivity index (χ1) is 17.9. The number of carboxylic acids is 1. The number of esters is 1. The van der Waals surface area contributed by atoms with Gasteiger partial charge in [0.2, 0.25) is 0 Å². The van der Waals surface area contributed by atoms with Gasteiger partial charge in [-0.25, -0.2) is 9.59 Å². The molecular formula is C30H20O7. The van der Waals surface area contributed by atoms with Crippen LogP contribution in [0.4, 0.5) is 0 Å². The van der Waals surface area contributed by atoms with Gasteiger partial charge in [-0.15, -0.1) is 0 Å². The van der Waals surface area contributed by atoms with E-state index in [1.807, 2.05) is 43.3 Å². The molecule has 3 aromatic carbocycles. The molecule has 0 radical (unpaired) electrons. The minimum atomic E-state index is -1.00. The Labute approximate surface area is 210 Å². The largest absolute Gasteiger partial charge is 0.478 e. The zero-order valence-corrected chi connectivity index (χ0v) is 19.7. The molecule has 2 aromatic heterocycles. The third-order valence-electron chi connectivity index (χ3n) is 6.64. The molecule has 0 saturated carbocycles. The van der Waals surface area contributed by atoms with Gasteiger partial charge in [-0.05, 0) is 48.4 Å². The number of hydrogen-bond acceptors (Lipinski definition) is 6. The number of furan rings is 1. The first-order valence-electron chi connectivity index (χ1n) is 11.7. The van der Waals surface area contributed by atoms with Crippen LogP contribution in [0.15, 0.2) is 92.5 Å². The number of benzene rings is 3. The predicted octanol–water partition coefficient (Wildman–Crippen LogP) is 6.17. The minimum Gasteiger partial charge on any atom is -0.478 e. The second-order valence-corrected chi connectivity index (χ2v) is 8.97. The molecule has 0 aliphatic carbocycles. The zero-order valence-electron chi connectivity index (χ0n) is 19.7. The van der Waals surface area contributed by atoms with Gasteiger partial charge >= 0.3 is 17.6 Å². The Hall–Kier alpha value is -4.91. The van der Waals surface area contributed by atoms with Crippen molar-refractivity contribution in [2.24, 2.45) is 0 Å². The summed E-state index contributed by atoms with van der Waals surface area (Å²) in [5.41, 5.74) is 3.77. The van der Waals surface area contributed by atoms with Gasteiger partial charge in [-0.3, -0.25) is 4.79 Å². The average molecular weight is 492 g/mol. The van der Waals surface area contributed by atoms with E-state index in [2.05, 4.69) is 0 Å². The smallest absolute Gasteiger partial charge is 0.336 e. The van der Waals surface area contributed by atoms with Crippen LogP contribution in [0.25, 0.3) is 33.4 Å². The molecule has 182 valence electrons. The highest BCUT2D eigenvalue weighted by Crippen LogP contribution is 2.47. The van der Waals surface area contributed by atoms with Crippen LogP contribution < -0.4 is 10.4 Å². The van der Waals surface area contributed by atoms with Crippen molar-refractivity contribution in [1.29, 1.82) is 0 Å². The van der Waals surface area contributed by atoms with E-state index in [4.69, 9.17) is 18.7 Å². The molecule has 6 rings (SSSR count). The van der Waals surface area contributed by atoms with E-state index in [9.17, 15) is 14.4 Å². The molecule has 0 fully saturated rings. The molecule has 37 heavy (non-hydrogen) atoms. The van der Waals surface area contributed by atoms with Crippen LogP contribution in [0.3, 0.4) is 0 Å². The topological polar surface area (TPSA) is 107 Å². The quantitative estimate of drug-likeness (QED) is 0.182. The van der Waals surface area contributed by atoms with Crippen LogP contribution in [-0.4, -0.2) is 17.0 Å². The van der Waals surface area contributed by atoms with Crippen LogP contribution in [0.2, 0.25) is 0 Å². The monoisotopic (exact) mass is 492 g/mol. The van der Waals surface area contributed by atoms with Gasteiger partial charge in [-0.1, -0.05) is 42.5 Å². The van der Waals surface area contributed by atoms with Crippen molar-refractivity contribution in [2.75, 3.05) is 0 Å². The molecule has 3 heterocycles. The Bertz CT molecular complexity index is 1740. The van der Waals surface area contributed by atoms with Crippen molar-refractivity contribution in [3.05, 3.63) is 112 Å². The van der Waals surface area contributed by atoms with Gasteiger partial charge in [0.25, 0.3) is 0 Å². The fourth-order valence-electron chi connectivity index (χ4n) is 4.96. The number of carbonyl (C=O) groups excluding carboxylic acids is 1. The third-order valence-corrected chi connectivity index (χ3v) is 6.64. The summed E-state index contributed by atoms with van der Waals surface area (Å²) in [5, 5.41) is 9.71. The first kappa shape index (κ1) is 22.5. The maximum atomic E-state index is 12.8. The number of carboxylic acid groups (broad SMARTS) is 1. The summed E-state index contributed by atoms with van der Waals surface area (Å²) in [7, 11) is 0. The molecule has 1 aliphatic rings. The van der Waals surface area contributed by atoms with E-state index < -0.39 is 23.5 Å². The number of rotatable bonds is 4. The summed E-state index contributed by atoms with van der Waals surface area (Å²) < 4.78 is 17.5. The summed E-state index contributed by atoms with van der Waals surface area (Å²) in [5.74, 6) is -0.334. The van der Waals surface area contributed by atoms with E-state index in [1.54, 1.807) is 24.3 Å². The Kier molecular flexibility index (Phi) is 5.26. The molecular weight excluding hydrogens is 472 g/mol. The number of fused-ring (bicyclic) bond motifs is 3. The highest BCUT2D eigenvalue weighted by atomic mass is 16.5. The van der Waals surface area contributed by atoms with Crippen molar-refractivity contribution in [3.8, 4) is 28.2 Å². The summed E-state index contributed by atoms with van der Waals surface area (Å²) in [6.07, 6.45) is 0.0850. The fourth-order valence-corrected chi connectivity index (χ4v) is 4.96. The molecule has 0 amide bonds. The van der Waals surface area contributed by atoms with Gasteiger partial charge in [0.15, 0.2) is 0 Å². The summed E-state index contributed by atoms with van der Waals surface area (Å²) in [4.78, 5) is 36.4. The summed E-state index contributed by atoms with van der Waals surface area (Å²) in [6.45, 7) is 1.88. The van der Waals surface area contributed by atoms with Gasteiger partial charge in [0.05, 0.1) is 23.3 Å². The molecule has 7 heteroatoms. The van der Waals surface area contributed by atoms with Crippen molar-refractivity contribution in [3.63, 3.8) is 0 Å². The second kappa shape index (κ2) is 8.64. The number of aromatic carboxylic acids is 1. The molecule has 7 nitrogen and oxygen atoms in total. The van der Waals surface area contributed by atoms with E-state index in [0.29, 0.717) is 33.8 Å². The highest BCUT2D eigenvalue weighted by molar-refractivity contribution is 6.01. The van der Waals surface area contributed by atoms with Gasteiger partial charge in [0, 0.05) is 22.8 Å². The molecule has 1 atom stereocenters. The molecule has 1 N–H and O–H groups in total. The number of hydrogen-bond donors (Lipinski definition) is 1. The van der Waals surface area contributed by atoms with Gasteiger partial charge < -0.3 is 18.7 Å². The van der Waals surface area contributed by atoms with Crippen LogP contribution >= 0.6 is 0 Å². The lowest BCUT2D eigenvalue weighted by molar-refractivity contribution is -0.135. The molecule has 1 aliphatic heterocycles. The second-order valence-electron chi connectivity index (χ2n) is 8.97. The standard InChI is InChI=1S/C30H20O7/c1-16-13-24-28(20(14-25(31)36-24)17-5-3-2-4-6-17)29-27(16)21(15-26(32)37-29)23-12-11-22(35-23)18-7-9-19(10-8-18)30(33)34/h2-14,21H,15H2,1H3,(H,33,34)/t21-/m0/s1. The zero-order chi connectivity index (χ0) is 25.7. The number of carbonyl (C=O) groups is 2. The Balaban J connectivity index is 1.51. The lowest BCUT2D eigenvalue weighted by Gasteiger charge is -2.26. The fraction of sp³-hybridized carbons (Fsp3) is 0.100. The van der Waals surface area contributed by atoms with Gasteiger partial charge in [-0.2, -0.15) is 0 Å². The van der Waals surface area contributed by atoms with Crippen LogP contribution in [0, 0.1) is 6.92 Å². The Morgan fingerprint density at radius 3 is 2.38 bits per heavy atom. The summed E-state index contributed by atoms with van der Waals surface area (Å²) >= 11 is 0.